The van der Waals surface area contributed by atoms with Crippen LogP contribution in [0.2, 0.25) is 0 Å². The Labute approximate surface area is 109 Å². The molecule has 1 rings (SSSR count). The van der Waals surface area contributed by atoms with Gasteiger partial charge in [-0.1, -0.05) is 0 Å². The molecular weight excluding hydrogens is 254 g/mol. The van der Waals surface area contributed by atoms with Crippen LogP contribution in [0.15, 0.2) is 18.2 Å². The molecule has 0 fully saturated rings. The van der Waals surface area contributed by atoms with E-state index in [1.807, 2.05) is 0 Å². The second kappa shape index (κ2) is 6.69. The summed E-state index contributed by atoms with van der Waals surface area (Å²) in [6.45, 7) is 1.55. The van der Waals surface area contributed by atoms with E-state index in [0.29, 0.717) is 11.3 Å². The van der Waals surface area contributed by atoms with E-state index in [4.69, 9.17) is 4.74 Å². The monoisotopic (exact) mass is 269 g/mol. The van der Waals surface area contributed by atoms with Crippen molar-refractivity contribution in [3.05, 3.63) is 33.9 Å². The third-order valence-electron chi connectivity index (χ3n) is 2.45. The minimum Gasteiger partial charge on any atom is -0.493 e. The average molecular weight is 269 g/mol. The van der Waals surface area contributed by atoms with Gasteiger partial charge in [0.25, 0.3) is 5.69 Å². The predicted octanol–water partition coefficient (Wildman–Crippen LogP) is 1.59. The minimum atomic E-state index is -0.909. The fraction of sp³-hybridized carbons (Fsp3) is 0.417. The Kier molecular flexibility index (Phi) is 5.25. The minimum absolute atomic E-state index is 0.0622. The summed E-state index contributed by atoms with van der Waals surface area (Å²) in [6, 6.07) is 3.93. The normalized spacial score (nSPS) is 11.7. The number of benzene rings is 1. The maximum atomic E-state index is 10.9. The highest BCUT2D eigenvalue weighted by Gasteiger charge is 2.15. The molecule has 0 aliphatic heterocycles. The third-order valence-corrected chi connectivity index (χ3v) is 2.45. The molecule has 1 atom stereocenters. The quantitative estimate of drug-likeness (QED) is 0.478. The molecule has 1 aromatic carbocycles. The van der Waals surface area contributed by atoms with Crippen molar-refractivity contribution >= 4 is 11.7 Å². The van der Waals surface area contributed by atoms with Gasteiger partial charge in [-0.15, -0.1) is 0 Å². The number of aliphatic hydroxyl groups is 1. The Morgan fingerprint density at radius 2 is 2.21 bits per heavy atom. The molecule has 104 valence electrons. The van der Waals surface area contributed by atoms with E-state index >= 15 is 0 Å². The van der Waals surface area contributed by atoms with Gasteiger partial charge in [0, 0.05) is 17.7 Å². The van der Waals surface area contributed by atoms with Gasteiger partial charge in [-0.3, -0.25) is 14.9 Å². The van der Waals surface area contributed by atoms with Crippen LogP contribution >= 0.6 is 0 Å². The zero-order valence-electron chi connectivity index (χ0n) is 10.7. The summed E-state index contributed by atoms with van der Waals surface area (Å²) in [6.07, 6.45) is -0.847. The van der Waals surface area contributed by atoms with E-state index < -0.39 is 17.0 Å². The molecule has 0 unspecified atom stereocenters. The predicted molar refractivity (Wildman–Crippen MR) is 65.9 cm³/mol. The van der Waals surface area contributed by atoms with Gasteiger partial charge in [0.05, 0.1) is 31.2 Å². The van der Waals surface area contributed by atoms with Gasteiger partial charge in [-0.05, 0) is 13.0 Å². The summed E-state index contributed by atoms with van der Waals surface area (Å²) in [5.41, 5.74) is 0.176. The van der Waals surface area contributed by atoms with E-state index in [1.165, 1.54) is 32.2 Å². The van der Waals surface area contributed by atoms with Crippen molar-refractivity contribution in [3.8, 4) is 5.75 Å². The molecule has 19 heavy (non-hydrogen) atoms. The number of non-ortho nitro benzene ring substituents is 1. The largest absolute Gasteiger partial charge is 0.493 e. The summed E-state index contributed by atoms with van der Waals surface area (Å²) in [4.78, 5) is 21.0. The first-order valence-electron chi connectivity index (χ1n) is 5.61. The van der Waals surface area contributed by atoms with Crippen LogP contribution in [-0.2, 0) is 9.53 Å². The maximum Gasteiger partial charge on any atom is 0.308 e. The van der Waals surface area contributed by atoms with Gasteiger partial charge in [0.2, 0.25) is 0 Å². The molecule has 0 aliphatic rings. The summed E-state index contributed by atoms with van der Waals surface area (Å²) in [7, 11) is 1.27. The Bertz CT molecular complexity index is 471. The van der Waals surface area contributed by atoms with Crippen LogP contribution in [-0.4, -0.2) is 29.7 Å². The van der Waals surface area contributed by atoms with E-state index in [9.17, 15) is 20.0 Å². The molecule has 0 saturated carbocycles. The Morgan fingerprint density at radius 1 is 1.53 bits per heavy atom. The molecule has 0 heterocycles. The third kappa shape index (κ3) is 4.22. The molecular formula is C12H15NO6. The molecule has 0 spiro atoms. The number of carbonyl (C=O) groups excluding carboxylic acids is 1. The molecule has 1 aromatic rings. The molecule has 7 nitrogen and oxygen atoms in total. The fourth-order valence-corrected chi connectivity index (χ4v) is 1.45. The molecule has 0 radical (unpaired) electrons. The van der Waals surface area contributed by atoms with Crippen molar-refractivity contribution in [2.24, 2.45) is 0 Å². The summed E-state index contributed by atoms with van der Waals surface area (Å²) in [5.74, 6) is -0.106. The Morgan fingerprint density at radius 3 is 2.74 bits per heavy atom. The smallest absolute Gasteiger partial charge is 0.308 e. The zero-order valence-corrected chi connectivity index (χ0v) is 10.7. The first-order valence-corrected chi connectivity index (χ1v) is 5.61. The molecule has 0 aromatic heterocycles. The first kappa shape index (κ1) is 14.9. The zero-order chi connectivity index (χ0) is 14.4. The van der Waals surface area contributed by atoms with Gasteiger partial charge < -0.3 is 14.6 Å². The average Bonchev–Trinajstić information content (AvgIpc) is 2.38. The van der Waals surface area contributed by atoms with Crippen LogP contribution < -0.4 is 4.74 Å². The molecule has 0 bridgehead atoms. The van der Waals surface area contributed by atoms with Crippen LogP contribution in [0.3, 0.4) is 0 Å². The number of nitrogens with zero attached hydrogens (tertiary/aromatic N) is 1. The second-order valence-corrected chi connectivity index (χ2v) is 3.83. The van der Waals surface area contributed by atoms with Gasteiger partial charge >= 0.3 is 5.97 Å². The number of methoxy groups -OCH3 is 1. The summed E-state index contributed by atoms with van der Waals surface area (Å²) >= 11 is 0. The number of hydrogen-bond acceptors (Lipinski definition) is 6. The van der Waals surface area contributed by atoms with Crippen LogP contribution in [0.5, 0.6) is 5.75 Å². The molecule has 0 aliphatic carbocycles. The first-order chi connectivity index (χ1) is 8.95. The summed E-state index contributed by atoms with van der Waals surface area (Å²) in [5, 5.41) is 20.2. The topological polar surface area (TPSA) is 98.9 Å². The molecule has 0 saturated heterocycles. The molecule has 7 heteroatoms. The maximum absolute atomic E-state index is 10.9. The highest BCUT2D eigenvalue weighted by Crippen LogP contribution is 2.29. The lowest BCUT2D eigenvalue weighted by Crippen LogP contribution is -2.09. The van der Waals surface area contributed by atoms with Crippen molar-refractivity contribution in [2.75, 3.05) is 13.7 Å². The highest BCUT2D eigenvalue weighted by atomic mass is 16.6. The number of nitro benzene ring substituents is 1. The van der Waals surface area contributed by atoms with Gasteiger partial charge in [-0.2, -0.15) is 0 Å². The van der Waals surface area contributed by atoms with Crippen molar-refractivity contribution in [2.45, 2.75) is 19.4 Å². The molecule has 0 amide bonds. The van der Waals surface area contributed by atoms with Crippen molar-refractivity contribution in [1.29, 1.82) is 0 Å². The van der Waals surface area contributed by atoms with Gasteiger partial charge in [0.15, 0.2) is 0 Å². The Balaban J connectivity index is 2.82. The number of rotatable bonds is 6. The van der Waals surface area contributed by atoms with E-state index in [-0.39, 0.29) is 18.7 Å². The number of esters is 1. The second-order valence-electron chi connectivity index (χ2n) is 3.83. The van der Waals surface area contributed by atoms with Crippen molar-refractivity contribution in [1.82, 2.24) is 0 Å². The highest BCUT2D eigenvalue weighted by molar-refractivity contribution is 5.69. The molecule has 1 N–H and O–H groups in total. The van der Waals surface area contributed by atoms with Crippen molar-refractivity contribution in [3.63, 3.8) is 0 Å². The van der Waals surface area contributed by atoms with E-state index in [2.05, 4.69) is 4.74 Å². The summed E-state index contributed by atoms with van der Waals surface area (Å²) < 4.78 is 9.78. The van der Waals surface area contributed by atoms with Crippen LogP contribution in [0, 0.1) is 10.1 Å². The number of nitro groups is 1. The lowest BCUT2D eigenvalue weighted by molar-refractivity contribution is -0.385. The van der Waals surface area contributed by atoms with E-state index in [0.717, 1.165) is 0 Å². The number of hydrogen-bond donors (Lipinski definition) is 1. The van der Waals surface area contributed by atoms with Gasteiger partial charge in [-0.25, -0.2) is 0 Å². The van der Waals surface area contributed by atoms with Crippen LogP contribution in [0.25, 0.3) is 0 Å². The van der Waals surface area contributed by atoms with Crippen LogP contribution in [0.1, 0.15) is 25.0 Å². The number of ether oxygens (including phenoxy) is 2. The standard InChI is InChI=1S/C12H15NO6/c1-8(14)10-7-9(13(16)17)3-4-11(10)19-6-5-12(15)18-2/h3-4,7-8,14H,5-6H2,1-2H3/t8-/m1/s1. The van der Waals surface area contributed by atoms with Crippen LogP contribution in [0.4, 0.5) is 5.69 Å². The number of carbonyl (C=O) groups is 1. The number of aliphatic hydroxyl groups excluding tert-OH is 1. The van der Waals surface area contributed by atoms with E-state index in [1.54, 1.807) is 0 Å². The lowest BCUT2D eigenvalue weighted by atomic mass is 10.1. The fourth-order valence-electron chi connectivity index (χ4n) is 1.45. The Hall–Kier alpha value is -2.15. The SMILES string of the molecule is COC(=O)CCOc1ccc([N+](=O)[O-])cc1[C@@H](C)O. The lowest BCUT2D eigenvalue weighted by Gasteiger charge is -2.12. The van der Waals surface area contributed by atoms with Crippen molar-refractivity contribution < 1.29 is 24.3 Å². The van der Waals surface area contributed by atoms with Gasteiger partial charge in [0.1, 0.15) is 5.75 Å².